The highest BCUT2D eigenvalue weighted by Crippen LogP contribution is 2.32. The molecule has 0 radical (unpaired) electrons. The van der Waals surface area contributed by atoms with E-state index >= 15 is 0 Å². The Morgan fingerprint density at radius 3 is 2.19 bits per heavy atom. The van der Waals surface area contributed by atoms with Crippen LogP contribution in [0.3, 0.4) is 0 Å². The van der Waals surface area contributed by atoms with E-state index in [1.54, 1.807) is 0 Å². The number of unbranched alkanes of at least 4 members (excludes halogenated alkanes) is 5. The van der Waals surface area contributed by atoms with Gasteiger partial charge in [-0.3, -0.25) is 4.79 Å². The second-order valence-corrected chi connectivity index (χ2v) is 5.32. The maximum Gasteiger partial charge on any atom is 0.303 e. The fourth-order valence-electron chi connectivity index (χ4n) is 2.13. The molecular weight excluding hydrogens is 204 g/mol. The maximum absolute atomic E-state index is 10.3. The third-order valence-electron chi connectivity index (χ3n) is 3.32. The number of rotatable bonds is 9. The average molecular weight is 228 g/mol. The number of carboxylic acids is 1. The van der Waals surface area contributed by atoms with Gasteiger partial charge in [0, 0.05) is 11.8 Å². The summed E-state index contributed by atoms with van der Waals surface area (Å²) >= 11 is 0. The van der Waals surface area contributed by atoms with Crippen LogP contribution in [0.15, 0.2) is 0 Å². The van der Waals surface area contributed by atoms with Gasteiger partial charge in [-0.15, -0.1) is 0 Å². The molecule has 0 aromatic heterocycles. The largest absolute Gasteiger partial charge is 0.481 e. The first-order chi connectivity index (χ1) is 7.62. The first kappa shape index (κ1) is 13.5. The second kappa shape index (κ2) is 6.89. The molecule has 1 aliphatic heterocycles. The maximum atomic E-state index is 10.3. The van der Waals surface area contributed by atoms with E-state index in [1.807, 2.05) is 0 Å². The molecule has 0 atom stereocenters. The predicted molar refractivity (Wildman–Crippen MR) is 63.5 cm³/mol. The first-order valence-corrected chi connectivity index (χ1v) is 6.42. The molecular formula is C13H24O3. The van der Waals surface area contributed by atoms with Crippen molar-refractivity contribution >= 4 is 5.97 Å². The minimum Gasteiger partial charge on any atom is -0.481 e. The Morgan fingerprint density at radius 1 is 1.12 bits per heavy atom. The highest BCUT2D eigenvalue weighted by atomic mass is 16.5. The van der Waals surface area contributed by atoms with Gasteiger partial charge in [-0.1, -0.05) is 39.0 Å². The molecule has 1 N–H and O–H groups in total. The normalized spacial score (nSPS) is 18.1. The van der Waals surface area contributed by atoms with E-state index in [-0.39, 0.29) is 0 Å². The summed E-state index contributed by atoms with van der Waals surface area (Å²) in [6, 6.07) is 0. The van der Waals surface area contributed by atoms with E-state index in [0.717, 1.165) is 26.1 Å². The van der Waals surface area contributed by atoms with Crippen molar-refractivity contribution in [1.29, 1.82) is 0 Å². The number of aliphatic carboxylic acids is 1. The van der Waals surface area contributed by atoms with Crippen LogP contribution in [-0.4, -0.2) is 24.3 Å². The molecule has 0 saturated carbocycles. The minimum absolute atomic E-state index is 0.329. The number of hydrogen-bond acceptors (Lipinski definition) is 2. The van der Waals surface area contributed by atoms with Gasteiger partial charge in [-0.2, -0.15) is 0 Å². The third kappa shape index (κ3) is 5.50. The molecule has 0 unspecified atom stereocenters. The van der Waals surface area contributed by atoms with E-state index in [2.05, 4.69) is 6.92 Å². The summed E-state index contributed by atoms with van der Waals surface area (Å²) in [6.07, 6.45) is 8.50. The molecule has 1 saturated heterocycles. The molecule has 94 valence electrons. The molecule has 3 heteroatoms. The van der Waals surface area contributed by atoms with E-state index in [9.17, 15) is 4.79 Å². The van der Waals surface area contributed by atoms with Crippen LogP contribution in [0.4, 0.5) is 0 Å². The Balaban J connectivity index is 1.79. The Labute approximate surface area is 98.2 Å². The van der Waals surface area contributed by atoms with Crippen LogP contribution in [0.25, 0.3) is 0 Å². The fraction of sp³-hybridized carbons (Fsp3) is 0.923. The van der Waals surface area contributed by atoms with Gasteiger partial charge in [-0.05, 0) is 12.8 Å². The molecule has 1 aliphatic rings. The topological polar surface area (TPSA) is 46.5 Å². The fourth-order valence-corrected chi connectivity index (χ4v) is 2.13. The Bertz CT molecular complexity index is 209. The van der Waals surface area contributed by atoms with E-state index in [4.69, 9.17) is 9.84 Å². The smallest absolute Gasteiger partial charge is 0.303 e. The molecule has 3 nitrogen and oxygen atoms in total. The van der Waals surface area contributed by atoms with Crippen molar-refractivity contribution in [3.05, 3.63) is 0 Å². The number of carboxylic acid groups (broad SMARTS) is 1. The summed E-state index contributed by atoms with van der Waals surface area (Å²) in [7, 11) is 0. The zero-order valence-electron chi connectivity index (χ0n) is 10.3. The lowest BCUT2D eigenvalue weighted by Gasteiger charge is -2.38. The number of carbonyl (C=O) groups is 1. The summed E-state index contributed by atoms with van der Waals surface area (Å²) in [4.78, 5) is 10.3. The summed E-state index contributed by atoms with van der Waals surface area (Å²) in [5.41, 5.74) is 0.462. The van der Waals surface area contributed by atoms with Crippen molar-refractivity contribution in [1.82, 2.24) is 0 Å². The molecule has 1 heterocycles. The Morgan fingerprint density at radius 2 is 1.69 bits per heavy atom. The standard InChI is InChI=1S/C13H24O3/c1-13(10-16-11-13)9-7-5-3-2-4-6-8-12(14)15/h2-11H2,1H3,(H,14,15). The van der Waals surface area contributed by atoms with Crippen molar-refractivity contribution in [3.63, 3.8) is 0 Å². The molecule has 1 fully saturated rings. The monoisotopic (exact) mass is 228 g/mol. The van der Waals surface area contributed by atoms with Crippen LogP contribution in [0, 0.1) is 5.41 Å². The quantitative estimate of drug-likeness (QED) is 0.616. The van der Waals surface area contributed by atoms with Gasteiger partial charge in [0.05, 0.1) is 13.2 Å². The molecule has 0 bridgehead atoms. The lowest BCUT2D eigenvalue weighted by atomic mass is 9.83. The summed E-state index contributed by atoms with van der Waals surface area (Å²) in [5, 5.41) is 8.47. The molecule has 0 aromatic rings. The van der Waals surface area contributed by atoms with Gasteiger partial charge >= 0.3 is 5.97 Å². The third-order valence-corrected chi connectivity index (χ3v) is 3.32. The summed E-state index contributed by atoms with van der Waals surface area (Å²) < 4.78 is 5.21. The first-order valence-electron chi connectivity index (χ1n) is 6.42. The van der Waals surface area contributed by atoms with Crippen molar-refractivity contribution < 1.29 is 14.6 Å². The van der Waals surface area contributed by atoms with Crippen LogP contribution in [0.5, 0.6) is 0 Å². The van der Waals surface area contributed by atoms with Crippen molar-refractivity contribution in [2.45, 2.75) is 58.3 Å². The van der Waals surface area contributed by atoms with Crippen LogP contribution in [-0.2, 0) is 9.53 Å². The van der Waals surface area contributed by atoms with Gasteiger partial charge in [0.2, 0.25) is 0 Å². The number of hydrogen-bond donors (Lipinski definition) is 1. The van der Waals surface area contributed by atoms with Gasteiger partial charge in [0.15, 0.2) is 0 Å². The predicted octanol–water partition coefficient (Wildman–Crippen LogP) is 3.23. The van der Waals surface area contributed by atoms with Crippen molar-refractivity contribution in [3.8, 4) is 0 Å². The zero-order valence-corrected chi connectivity index (χ0v) is 10.3. The average Bonchev–Trinajstić information content (AvgIpc) is 2.19. The highest BCUT2D eigenvalue weighted by Gasteiger charge is 2.32. The molecule has 1 rings (SSSR count). The van der Waals surface area contributed by atoms with Gasteiger partial charge in [0.25, 0.3) is 0 Å². The lowest BCUT2D eigenvalue weighted by molar-refractivity contribution is -0.137. The molecule has 0 spiro atoms. The van der Waals surface area contributed by atoms with Crippen molar-refractivity contribution in [2.75, 3.05) is 13.2 Å². The Kier molecular flexibility index (Phi) is 5.81. The summed E-state index contributed by atoms with van der Waals surface area (Å²) in [6.45, 7) is 4.17. The SMILES string of the molecule is CC1(CCCCCCCCC(=O)O)COC1. The van der Waals surface area contributed by atoms with Crippen LogP contribution in [0.1, 0.15) is 58.3 Å². The van der Waals surface area contributed by atoms with E-state index in [1.165, 1.54) is 32.1 Å². The van der Waals surface area contributed by atoms with E-state index in [0.29, 0.717) is 11.8 Å². The van der Waals surface area contributed by atoms with Crippen molar-refractivity contribution in [2.24, 2.45) is 5.41 Å². The van der Waals surface area contributed by atoms with Gasteiger partial charge in [0.1, 0.15) is 0 Å². The van der Waals surface area contributed by atoms with Crippen LogP contribution in [0.2, 0.25) is 0 Å². The van der Waals surface area contributed by atoms with E-state index < -0.39 is 5.97 Å². The molecule has 16 heavy (non-hydrogen) atoms. The minimum atomic E-state index is -0.669. The van der Waals surface area contributed by atoms with Gasteiger partial charge < -0.3 is 9.84 Å². The molecule has 0 aliphatic carbocycles. The number of ether oxygens (including phenoxy) is 1. The molecule has 0 aromatic carbocycles. The molecule has 0 amide bonds. The summed E-state index contributed by atoms with van der Waals surface area (Å²) in [5.74, 6) is -0.669. The van der Waals surface area contributed by atoms with Crippen LogP contribution >= 0.6 is 0 Å². The van der Waals surface area contributed by atoms with Gasteiger partial charge in [-0.25, -0.2) is 0 Å². The Hall–Kier alpha value is -0.570. The van der Waals surface area contributed by atoms with Crippen LogP contribution < -0.4 is 0 Å². The highest BCUT2D eigenvalue weighted by molar-refractivity contribution is 5.66. The second-order valence-electron chi connectivity index (χ2n) is 5.32. The zero-order chi connectivity index (χ0) is 11.9. The lowest BCUT2D eigenvalue weighted by Crippen LogP contribution is -2.39.